The number of ether oxygens (including phenoxy) is 2. The number of phenolic OH excluding ortho intramolecular Hbond substituents is 1. The summed E-state index contributed by atoms with van der Waals surface area (Å²) in [6.07, 6.45) is -4.60. The van der Waals surface area contributed by atoms with Gasteiger partial charge in [0.05, 0.1) is 34.5 Å². The summed E-state index contributed by atoms with van der Waals surface area (Å²) in [6.45, 7) is 1.33. The highest BCUT2D eigenvalue weighted by Gasteiger charge is 2.34. The zero-order valence-corrected chi connectivity index (χ0v) is 16.1. The van der Waals surface area contributed by atoms with Gasteiger partial charge in [0.25, 0.3) is 0 Å². The van der Waals surface area contributed by atoms with E-state index in [2.05, 4.69) is 0 Å². The predicted molar refractivity (Wildman–Crippen MR) is 101 cm³/mol. The van der Waals surface area contributed by atoms with Crippen LogP contribution in [0.15, 0.2) is 36.4 Å². The van der Waals surface area contributed by atoms with Crippen molar-refractivity contribution in [3.8, 4) is 17.6 Å². The van der Waals surface area contributed by atoms with Gasteiger partial charge in [-0.1, -0.05) is 12.1 Å². The number of hydrogen-bond donors (Lipinski definition) is 1. The van der Waals surface area contributed by atoms with Crippen LogP contribution in [-0.4, -0.2) is 22.2 Å². The normalized spacial score (nSPS) is 11.3. The molecule has 6 nitrogen and oxygen atoms in total. The number of rotatable bonds is 5. The lowest BCUT2D eigenvalue weighted by atomic mass is 10.1. The van der Waals surface area contributed by atoms with Crippen LogP contribution in [0.5, 0.6) is 11.5 Å². The number of nitrogens with zero attached hydrogens (tertiary/aromatic N) is 2. The number of aryl methyl sites for hydroxylation is 1. The third kappa shape index (κ3) is 3.76. The number of halogens is 3. The largest absolute Gasteiger partial charge is 0.507 e. The molecule has 0 aliphatic heterocycles. The Morgan fingerprint density at radius 1 is 1.27 bits per heavy atom. The number of alkyl halides is 3. The van der Waals surface area contributed by atoms with Crippen molar-refractivity contribution in [3.63, 3.8) is 0 Å². The summed E-state index contributed by atoms with van der Waals surface area (Å²) in [6, 6.07) is 9.25. The van der Waals surface area contributed by atoms with Gasteiger partial charge in [0.1, 0.15) is 24.2 Å². The maximum absolute atomic E-state index is 13.2. The van der Waals surface area contributed by atoms with Crippen LogP contribution >= 0.6 is 0 Å². The smallest absolute Gasteiger partial charge is 0.419 e. The lowest BCUT2D eigenvalue weighted by Crippen LogP contribution is -2.13. The number of nitriles is 1. The Kier molecular flexibility index (Phi) is 5.60. The molecule has 0 atom stereocenters. The summed E-state index contributed by atoms with van der Waals surface area (Å²) in [4.78, 5) is 12.6. The molecule has 1 N–H and O–H groups in total. The molecule has 0 spiro atoms. The van der Waals surface area contributed by atoms with Crippen LogP contribution < -0.4 is 4.74 Å². The Morgan fingerprint density at radius 3 is 2.60 bits per heavy atom. The topological polar surface area (TPSA) is 84.5 Å². The molecule has 2 aromatic carbocycles. The Balaban J connectivity index is 2.12. The van der Waals surface area contributed by atoms with Crippen molar-refractivity contribution in [2.75, 3.05) is 6.61 Å². The van der Waals surface area contributed by atoms with Crippen LogP contribution in [0.25, 0.3) is 10.9 Å². The molecule has 0 saturated heterocycles. The summed E-state index contributed by atoms with van der Waals surface area (Å²) in [7, 11) is 1.58. The van der Waals surface area contributed by atoms with Crippen LogP contribution in [-0.2, 0) is 24.6 Å². The van der Waals surface area contributed by atoms with E-state index in [1.54, 1.807) is 14.0 Å². The zero-order valence-electron chi connectivity index (χ0n) is 16.1. The average Bonchev–Trinajstić information content (AvgIpc) is 2.96. The second kappa shape index (κ2) is 7.99. The summed E-state index contributed by atoms with van der Waals surface area (Å²) >= 11 is 0. The van der Waals surface area contributed by atoms with Crippen LogP contribution in [0.4, 0.5) is 13.2 Å². The molecule has 3 rings (SSSR count). The van der Waals surface area contributed by atoms with Crippen LogP contribution in [0, 0.1) is 11.3 Å². The SMILES string of the molecule is CCOC(=O)c1c(COc2ccccc2C(F)(F)F)n(C)c2cc(C#N)c(O)cc12. The van der Waals surface area contributed by atoms with Gasteiger partial charge in [0, 0.05) is 12.4 Å². The summed E-state index contributed by atoms with van der Waals surface area (Å²) < 4.78 is 51.8. The molecule has 1 aromatic heterocycles. The molecule has 9 heteroatoms. The van der Waals surface area contributed by atoms with Gasteiger partial charge in [0.15, 0.2) is 0 Å². The van der Waals surface area contributed by atoms with E-state index in [1.165, 1.54) is 34.9 Å². The van der Waals surface area contributed by atoms with Crippen LogP contribution in [0.1, 0.15) is 34.1 Å². The molecule has 0 aliphatic rings. The lowest BCUT2D eigenvalue weighted by molar-refractivity contribution is -0.139. The Hall–Kier alpha value is -3.67. The average molecular weight is 418 g/mol. The third-order valence-corrected chi connectivity index (χ3v) is 4.60. The van der Waals surface area contributed by atoms with E-state index in [0.29, 0.717) is 10.9 Å². The summed E-state index contributed by atoms with van der Waals surface area (Å²) in [5, 5.41) is 19.5. The Labute approximate surface area is 169 Å². The van der Waals surface area contributed by atoms with Crippen molar-refractivity contribution in [3.05, 3.63) is 58.8 Å². The molecule has 0 fully saturated rings. The number of aromatic nitrogens is 1. The van der Waals surface area contributed by atoms with Crippen molar-refractivity contribution >= 4 is 16.9 Å². The minimum absolute atomic E-state index is 0.00612. The Morgan fingerprint density at radius 2 is 1.97 bits per heavy atom. The fraction of sp³-hybridized carbons (Fsp3) is 0.238. The number of fused-ring (bicyclic) bond motifs is 1. The van der Waals surface area contributed by atoms with E-state index >= 15 is 0 Å². The van der Waals surface area contributed by atoms with E-state index in [9.17, 15) is 23.1 Å². The van der Waals surface area contributed by atoms with Gasteiger partial charge >= 0.3 is 12.1 Å². The number of aromatic hydroxyl groups is 1. The monoisotopic (exact) mass is 418 g/mol. The molecule has 0 bridgehead atoms. The Bertz CT molecular complexity index is 1160. The molecule has 0 aliphatic carbocycles. The van der Waals surface area contributed by atoms with Gasteiger partial charge in [-0.3, -0.25) is 0 Å². The molecule has 156 valence electrons. The highest BCUT2D eigenvalue weighted by atomic mass is 19.4. The molecule has 0 unspecified atom stereocenters. The minimum atomic E-state index is -4.60. The number of para-hydroxylation sites is 1. The molecular weight excluding hydrogens is 401 g/mol. The fourth-order valence-electron chi connectivity index (χ4n) is 3.19. The zero-order chi connectivity index (χ0) is 22.1. The lowest BCUT2D eigenvalue weighted by Gasteiger charge is -2.15. The summed E-state index contributed by atoms with van der Waals surface area (Å²) in [5.41, 5.74) is -0.220. The maximum atomic E-state index is 13.2. The molecule has 0 radical (unpaired) electrons. The third-order valence-electron chi connectivity index (χ3n) is 4.60. The second-order valence-electron chi connectivity index (χ2n) is 6.38. The standard InChI is InChI=1S/C21H17F3N2O4/c1-3-29-20(28)19-13-9-17(27)12(10-25)8-15(13)26(2)16(19)11-30-18-7-5-4-6-14(18)21(22,23)24/h4-9,27H,3,11H2,1-2H3. The fourth-order valence-corrected chi connectivity index (χ4v) is 3.19. The number of esters is 1. The predicted octanol–water partition coefficient (Wildman–Crippen LogP) is 4.53. The first-order valence-corrected chi connectivity index (χ1v) is 8.89. The maximum Gasteiger partial charge on any atom is 0.419 e. The van der Waals surface area contributed by atoms with Gasteiger partial charge in [-0.2, -0.15) is 18.4 Å². The first kappa shape index (κ1) is 21.0. The van der Waals surface area contributed by atoms with Crippen LogP contribution in [0.2, 0.25) is 0 Å². The van der Waals surface area contributed by atoms with E-state index < -0.39 is 17.7 Å². The van der Waals surface area contributed by atoms with Gasteiger partial charge in [-0.15, -0.1) is 0 Å². The number of carbonyl (C=O) groups is 1. The first-order valence-electron chi connectivity index (χ1n) is 8.89. The van der Waals surface area contributed by atoms with Crippen LogP contribution in [0.3, 0.4) is 0 Å². The quantitative estimate of drug-likeness (QED) is 0.616. The van der Waals surface area contributed by atoms with Crippen molar-refractivity contribution < 1.29 is 32.5 Å². The van der Waals surface area contributed by atoms with Crippen molar-refractivity contribution in [2.24, 2.45) is 7.05 Å². The highest BCUT2D eigenvalue weighted by molar-refractivity contribution is 6.06. The van der Waals surface area contributed by atoms with Gasteiger partial charge in [0.2, 0.25) is 0 Å². The van der Waals surface area contributed by atoms with E-state index in [4.69, 9.17) is 14.7 Å². The van der Waals surface area contributed by atoms with E-state index in [1.807, 2.05) is 6.07 Å². The van der Waals surface area contributed by atoms with Gasteiger partial charge in [-0.25, -0.2) is 4.79 Å². The molecule has 0 saturated carbocycles. The second-order valence-corrected chi connectivity index (χ2v) is 6.38. The van der Waals surface area contributed by atoms with Crippen molar-refractivity contribution in [1.82, 2.24) is 4.57 Å². The van der Waals surface area contributed by atoms with Gasteiger partial charge < -0.3 is 19.1 Å². The summed E-state index contributed by atoms with van der Waals surface area (Å²) in [5.74, 6) is -1.42. The number of benzene rings is 2. The molecule has 1 heterocycles. The molecule has 30 heavy (non-hydrogen) atoms. The minimum Gasteiger partial charge on any atom is -0.507 e. The van der Waals surface area contributed by atoms with Crippen molar-refractivity contribution in [1.29, 1.82) is 5.26 Å². The number of hydrogen-bond acceptors (Lipinski definition) is 5. The first-order chi connectivity index (χ1) is 14.2. The molecule has 3 aromatic rings. The van der Waals surface area contributed by atoms with E-state index in [0.717, 1.165) is 6.07 Å². The van der Waals surface area contributed by atoms with Gasteiger partial charge in [-0.05, 0) is 31.2 Å². The van der Waals surface area contributed by atoms with E-state index in [-0.39, 0.29) is 41.5 Å². The molecular formula is C21H17F3N2O4. The van der Waals surface area contributed by atoms with Crippen molar-refractivity contribution in [2.45, 2.75) is 19.7 Å². The number of carbonyl (C=O) groups excluding carboxylic acids is 1. The molecule has 0 amide bonds. The number of phenols is 1. The highest BCUT2D eigenvalue weighted by Crippen LogP contribution is 2.37.